The topological polar surface area (TPSA) is 78.8 Å². The van der Waals surface area contributed by atoms with Crippen molar-refractivity contribution in [1.29, 1.82) is 0 Å². The van der Waals surface area contributed by atoms with Crippen LogP contribution in [0, 0.1) is 13.8 Å². The summed E-state index contributed by atoms with van der Waals surface area (Å²) >= 11 is 0. The molecule has 3 rings (SSSR count). The SMILES string of the molecule is CCCc1nc2c(N)nc(C)c(C)c2n1CCOCCCc1cccnc1. The lowest BCUT2D eigenvalue weighted by Crippen LogP contribution is -2.11. The van der Waals surface area contributed by atoms with Crippen molar-refractivity contribution in [3.63, 3.8) is 0 Å². The predicted octanol–water partition coefficient (Wildman–Crippen LogP) is 3.63. The summed E-state index contributed by atoms with van der Waals surface area (Å²) < 4.78 is 8.16. The molecule has 0 spiro atoms. The Bertz CT molecular complexity index is 889. The number of nitrogen functional groups attached to an aromatic ring is 1. The van der Waals surface area contributed by atoms with E-state index >= 15 is 0 Å². The smallest absolute Gasteiger partial charge is 0.151 e. The maximum Gasteiger partial charge on any atom is 0.151 e. The fourth-order valence-electron chi connectivity index (χ4n) is 3.38. The van der Waals surface area contributed by atoms with Gasteiger partial charge in [-0.3, -0.25) is 4.98 Å². The Morgan fingerprint density at radius 1 is 1.15 bits per heavy atom. The highest BCUT2D eigenvalue weighted by molar-refractivity contribution is 5.88. The lowest BCUT2D eigenvalue weighted by Gasteiger charge is -2.12. The van der Waals surface area contributed by atoms with Crippen LogP contribution in [-0.2, 0) is 24.1 Å². The van der Waals surface area contributed by atoms with E-state index in [1.807, 2.05) is 19.2 Å². The van der Waals surface area contributed by atoms with Crippen LogP contribution in [0.2, 0.25) is 0 Å². The van der Waals surface area contributed by atoms with Gasteiger partial charge in [-0.25, -0.2) is 9.97 Å². The lowest BCUT2D eigenvalue weighted by molar-refractivity contribution is 0.124. The standard InChI is InChI=1S/C21H29N5O/c1-4-7-18-25-19-20(15(2)16(3)24-21(19)22)26(18)11-13-27-12-6-9-17-8-5-10-23-14-17/h5,8,10,14H,4,6-7,9,11-13H2,1-3H3,(H2,22,24). The third-order valence-electron chi connectivity index (χ3n) is 4.89. The normalized spacial score (nSPS) is 11.4. The van der Waals surface area contributed by atoms with Crippen LogP contribution in [0.15, 0.2) is 24.5 Å². The van der Waals surface area contributed by atoms with Crippen molar-refractivity contribution in [3.8, 4) is 0 Å². The van der Waals surface area contributed by atoms with Crippen LogP contribution >= 0.6 is 0 Å². The van der Waals surface area contributed by atoms with Crippen molar-refractivity contribution in [2.24, 2.45) is 0 Å². The summed E-state index contributed by atoms with van der Waals surface area (Å²) in [5, 5.41) is 0. The number of imidazole rings is 1. The van der Waals surface area contributed by atoms with E-state index in [4.69, 9.17) is 15.5 Å². The minimum atomic E-state index is 0.515. The van der Waals surface area contributed by atoms with Gasteiger partial charge in [-0.2, -0.15) is 0 Å². The van der Waals surface area contributed by atoms with Crippen molar-refractivity contribution in [3.05, 3.63) is 47.2 Å². The molecule has 3 aromatic heterocycles. The van der Waals surface area contributed by atoms with Gasteiger partial charge >= 0.3 is 0 Å². The molecular weight excluding hydrogens is 338 g/mol. The Balaban J connectivity index is 1.64. The summed E-state index contributed by atoms with van der Waals surface area (Å²) in [5.41, 5.74) is 11.4. The first-order valence-corrected chi connectivity index (χ1v) is 9.70. The monoisotopic (exact) mass is 367 g/mol. The second-order valence-corrected chi connectivity index (χ2v) is 6.91. The quantitative estimate of drug-likeness (QED) is 0.584. The average molecular weight is 367 g/mol. The molecular formula is C21H29N5O. The van der Waals surface area contributed by atoms with Gasteiger partial charge in [-0.1, -0.05) is 13.0 Å². The Hall–Kier alpha value is -2.47. The number of aromatic nitrogens is 4. The van der Waals surface area contributed by atoms with Gasteiger partial charge < -0.3 is 15.0 Å². The van der Waals surface area contributed by atoms with Crippen LogP contribution in [-0.4, -0.2) is 32.7 Å². The van der Waals surface area contributed by atoms with Crippen LogP contribution in [0.4, 0.5) is 5.82 Å². The summed E-state index contributed by atoms with van der Waals surface area (Å²) in [4.78, 5) is 13.3. The van der Waals surface area contributed by atoms with Crippen molar-refractivity contribution in [2.45, 2.75) is 53.0 Å². The van der Waals surface area contributed by atoms with E-state index in [0.717, 1.165) is 67.0 Å². The highest BCUT2D eigenvalue weighted by Crippen LogP contribution is 2.26. The average Bonchev–Trinajstić information content (AvgIpc) is 3.03. The van der Waals surface area contributed by atoms with Crippen molar-refractivity contribution in [1.82, 2.24) is 19.5 Å². The second-order valence-electron chi connectivity index (χ2n) is 6.91. The fourth-order valence-corrected chi connectivity index (χ4v) is 3.38. The van der Waals surface area contributed by atoms with Gasteiger partial charge in [-0.05, 0) is 50.3 Å². The van der Waals surface area contributed by atoms with Crippen LogP contribution in [0.5, 0.6) is 0 Å². The maximum atomic E-state index is 6.13. The highest BCUT2D eigenvalue weighted by Gasteiger charge is 2.16. The summed E-state index contributed by atoms with van der Waals surface area (Å²) in [6.45, 7) is 8.44. The number of ether oxygens (including phenoxy) is 1. The van der Waals surface area contributed by atoms with E-state index in [0.29, 0.717) is 12.4 Å². The first-order valence-electron chi connectivity index (χ1n) is 9.70. The molecule has 0 aliphatic carbocycles. The highest BCUT2D eigenvalue weighted by atomic mass is 16.5. The first-order chi connectivity index (χ1) is 13.1. The molecule has 27 heavy (non-hydrogen) atoms. The van der Waals surface area contributed by atoms with Gasteiger partial charge in [0.1, 0.15) is 11.3 Å². The molecule has 3 aromatic rings. The molecule has 0 radical (unpaired) electrons. The number of hydrogen-bond acceptors (Lipinski definition) is 5. The molecule has 0 bridgehead atoms. The van der Waals surface area contributed by atoms with Gasteiger partial charge in [0, 0.05) is 37.7 Å². The molecule has 0 fully saturated rings. The third-order valence-corrected chi connectivity index (χ3v) is 4.89. The van der Waals surface area contributed by atoms with E-state index in [-0.39, 0.29) is 0 Å². The van der Waals surface area contributed by atoms with Crippen LogP contribution in [0.3, 0.4) is 0 Å². The molecule has 0 aliphatic heterocycles. The largest absolute Gasteiger partial charge is 0.382 e. The number of nitrogens with zero attached hydrogens (tertiary/aromatic N) is 4. The number of anilines is 1. The molecule has 6 heteroatoms. The molecule has 0 saturated heterocycles. The molecule has 144 valence electrons. The lowest BCUT2D eigenvalue weighted by atomic mass is 10.2. The molecule has 0 aliphatic rings. The van der Waals surface area contributed by atoms with Crippen LogP contribution < -0.4 is 5.73 Å². The fraction of sp³-hybridized carbons (Fsp3) is 0.476. The Morgan fingerprint density at radius 3 is 2.74 bits per heavy atom. The Kier molecular flexibility index (Phi) is 6.40. The summed E-state index contributed by atoms with van der Waals surface area (Å²) in [6, 6.07) is 4.08. The number of hydrogen-bond donors (Lipinski definition) is 1. The Labute approximate surface area is 160 Å². The number of aryl methyl sites for hydroxylation is 4. The van der Waals surface area contributed by atoms with E-state index in [2.05, 4.69) is 34.4 Å². The van der Waals surface area contributed by atoms with Crippen LogP contribution in [0.1, 0.15) is 42.4 Å². The third kappa shape index (κ3) is 4.45. The van der Waals surface area contributed by atoms with Gasteiger partial charge in [0.2, 0.25) is 0 Å². The number of rotatable bonds is 9. The molecule has 2 N–H and O–H groups in total. The zero-order chi connectivity index (χ0) is 19.2. The number of fused-ring (bicyclic) bond motifs is 1. The van der Waals surface area contributed by atoms with Crippen LogP contribution in [0.25, 0.3) is 11.0 Å². The van der Waals surface area contributed by atoms with Crippen molar-refractivity contribution < 1.29 is 4.74 Å². The molecule has 0 amide bonds. The number of nitrogens with two attached hydrogens (primary N) is 1. The molecule has 0 unspecified atom stereocenters. The zero-order valence-electron chi connectivity index (χ0n) is 16.5. The van der Waals surface area contributed by atoms with Gasteiger partial charge in [-0.15, -0.1) is 0 Å². The van der Waals surface area contributed by atoms with E-state index < -0.39 is 0 Å². The second kappa shape index (κ2) is 8.95. The predicted molar refractivity (Wildman–Crippen MR) is 109 cm³/mol. The van der Waals surface area contributed by atoms with Gasteiger partial charge in [0.15, 0.2) is 5.82 Å². The molecule has 0 aromatic carbocycles. The van der Waals surface area contributed by atoms with Gasteiger partial charge in [0.25, 0.3) is 0 Å². The summed E-state index contributed by atoms with van der Waals surface area (Å²) in [5.74, 6) is 1.58. The van der Waals surface area contributed by atoms with Crippen molar-refractivity contribution in [2.75, 3.05) is 18.9 Å². The van der Waals surface area contributed by atoms with Crippen molar-refractivity contribution >= 4 is 16.9 Å². The zero-order valence-corrected chi connectivity index (χ0v) is 16.5. The summed E-state index contributed by atoms with van der Waals surface area (Å²) in [6.07, 6.45) is 7.67. The Morgan fingerprint density at radius 2 is 2.00 bits per heavy atom. The van der Waals surface area contributed by atoms with E-state index in [1.165, 1.54) is 5.56 Å². The van der Waals surface area contributed by atoms with Gasteiger partial charge in [0.05, 0.1) is 12.1 Å². The molecule has 0 saturated carbocycles. The van der Waals surface area contributed by atoms with E-state index in [1.54, 1.807) is 6.20 Å². The number of pyridine rings is 2. The molecule has 6 nitrogen and oxygen atoms in total. The molecule has 0 atom stereocenters. The summed E-state index contributed by atoms with van der Waals surface area (Å²) in [7, 11) is 0. The minimum Gasteiger partial charge on any atom is -0.382 e. The first kappa shape index (κ1) is 19.3. The maximum absolute atomic E-state index is 6.13. The molecule has 3 heterocycles. The van der Waals surface area contributed by atoms with E-state index in [9.17, 15) is 0 Å². The minimum absolute atomic E-state index is 0.515.